The van der Waals surface area contributed by atoms with E-state index in [1.165, 1.54) is 0 Å². The van der Waals surface area contributed by atoms with Crippen molar-refractivity contribution >= 4 is 23.3 Å². The zero-order valence-electron chi connectivity index (χ0n) is 14.7. The number of rotatable bonds is 7. The number of carbonyl (C=O) groups excluding carboxylic acids is 2. The van der Waals surface area contributed by atoms with Gasteiger partial charge in [-0.1, -0.05) is 12.1 Å². The number of nitrogens with zero attached hydrogens (tertiary/aromatic N) is 3. The van der Waals surface area contributed by atoms with Crippen molar-refractivity contribution in [2.75, 3.05) is 11.9 Å². The summed E-state index contributed by atoms with van der Waals surface area (Å²) in [6.45, 7) is 0.398. The lowest BCUT2D eigenvalue weighted by atomic mass is 10.1. The average Bonchev–Trinajstić information content (AvgIpc) is 3.37. The summed E-state index contributed by atoms with van der Waals surface area (Å²) in [6, 6.07) is 7.79. The van der Waals surface area contributed by atoms with Crippen molar-refractivity contribution in [3.8, 4) is 11.3 Å². The summed E-state index contributed by atoms with van der Waals surface area (Å²) in [7, 11) is 0. The van der Waals surface area contributed by atoms with E-state index in [1.807, 2.05) is 34.9 Å². The van der Waals surface area contributed by atoms with Gasteiger partial charge in [0.25, 0.3) is 5.91 Å². The molecule has 2 heterocycles. The van der Waals surface area contributed by atoms with Crippen LogP contribution in [0, 0.1) is 0 Å². The van der Waals surface area contributed by atoms with Crippen molar-refractivity contribution in [2.24, 2.45) is 5.73 Å². The molecule has 4 N–H and O–H groups in total. The molecule has 138 valence electrons. The van der Waals surface area contributed by atoms with Gasteiger partial charge < -0.3 is 16.4 Å². The number of hydrogen-bond acceptors (Lipinski definition) is 5. The van der Waals surface area contributed by atoms with Gasteiger partial charge in [-0.25, -0.2) is 9.97 Å². The van der Waals surface area contributed by atoms with E-state index in [-0.39, 0.29) is 18.2 Å². The number of benzene rings is 1. The molecule has 0 atom stereocenters. The number of anilines is 1. The van der Waals surface area contributed by atoms with Crippen LogP contribution in [0.1, 0.15) is 29.6 Å². The van der Waals surface area contributed by atoms with E-state index >= 15 is 0 Å². The summed E-state index contributed by atoms with van der Waals surface area (Å²) < 4.78 is 1.92. The summed E-state index contributed by atoms with van der Waals surface area (Å²) in [6.07, 6.45) is 7.61. The topological polar surface area (TPSA) is 114 Å². The maximum absolute atomic E-state index is 12.1. The van der Waals surface area contributed by atoms with Gasteiger partial charge >= 0.3 is 0 Å². The fraction of sp³-hybridized carbons (Fsp3) is 0.263. The molecular weight excluding hydrogens is 344 g/mol. The lowest BCUT2D eigenvalue weighted by molar-refractivity contribution is -0.117. The van der Waals surface area contributed by atoms with Crippen LogP contribution < -0.4 is 16.4 Å². The van der Waals surface area contributed by atoms with Crippen molar-refractivity contribution in [3.05, 3.63) is 48.4 Å². The molecule has 1 saturated carbocycles. The highest BCUT2D eigenvalue weighted by atomic mass is 16.2. The summed E-state index contributed by atoms with van der Waals surface area (Å²) in [5, 5.41) is 6.07. The highest BCUT2D eigenvalue weighted by Gasteiger charge is 2.23. The first-order chi connectivity index (χ1) is 13.1. The molecule has 2 amide bonds. The Bertz CT molecular complexity index is 991. The summed E-state index contributed by atoms with van der Waals surface area (Å²) in [5.41, 5.74) is 8.30. The molecule has 27 heavy (non-hydrogen) atoms. The van der Waals surface area contributed by atoms with Crippen LogP contribution in [-0.4, -0.2) is 38.8 Å². The highest BCUT2D eigenvalue weighted by Crippen LogP contribution is 2.24. The number of carbonyl (C=O) groups is 2. The van der Waals surface area contributed by atoms with Crippen LogP contribution in [0.2, 0.25) is 0 Å². The molecule has 1 aliphatic carbocycles. The Labute approximate surface area is 155 Å². The second-order valence-electron chi connectivity index (χ2n) is 6.58. The number of aromatic nitrogens is 3. The minimum Gasteiger partial charge on any atom is -0.370 e. The van der Waals surface area contributed by atoms with Crippen molar-refractivity contribution in [3.63, 3.8) is 0 Å². The first kappa shape index (κ1) is 17.0. The minimum atomic E-state index is -0.371. The van der Waals surface area contributed by atoms with Gasteiger partial charge in [-0.3, -0.25) is 14.0 Å². The van der Waals surface area contributed by atoms with Gasteiger partial charge in [-0.2, -0.15) is 0 Å². The van der Waals surface area contributed by atoms with E-state index in [1.54, 1.807) is 12.4 Å². The Kier molecular flexibility index (Phi) is 4.45. The van der Waals surface area contributed by atoms with Crippen LogP contribution in [0.5, 0.6) is 0 Å². The number of fused-ring (bicyclic) bond motifs is 1. The molecular formula is C19H20N6O2. The van der Waals surface area contributed by atoms with Gasteiger partial charge in [-0.15, -0.1) is 0 Å². The maximum atomic E-state index is 12.1. The van der Waals surface area contributed by atoms with Crippen molar-refractivity contribution < 1.29 is 9.59 Å². The largest absolute Gasteiger partial charge is 0.370 e. The number of amides is 2. The molecule has 8 heteroatoms. The zero-order chi connectivity index (χ0) is 18.8. The second-order valence-corrected chi connectivity index (χ2v) is 6.58. The Balaban J connectivity index is 1.56. The minimum absolute atomic E-state index is 0.0349. The van der Waals surface area contributed by atoms with E-state index in [9.17, 15) is 9.59 Å². The third kappa shape index (κ3) is 3.74. The Morgan fingerprint density at radius 2 is 1.96 bits per heavy atom. The van der Waals surface area contributed by atoms with Gasteiger partial charge in [0.15, 0.2) is 11.5 Å². The molecule has 0 saturated heterocycles. The van der Waals surface area contributed by atoms with Crippen LogP contribution in [0.3, 0.4) is 0 Å². The smallest absolute Gasteiger partial charge is 0.251 e. The number of primary amides is 1. The maximum Gasteiger partial charge on any atom is 0.251 e. The number of imidazole rings is 1. The van der Waals surface area contributed by atoms with Crippen LogP contribution in [0.25, 0.3) is 16.9 Å². The van der Waals surface area contributed by atoms with E-state index in [4.69, 9.17) is 5.73 Å². The van der Waals surface area contributed by atoms with E-state index < -0.39 is 0 Å². The number of hydrogen-bond donors (Lipinski definition) is 3. The van der Waals surface area contributed by atoms with E-state index in [2.05, 4.69) is 20.6 Å². The summed E-state index contributed by atoms with van der Waals surface area (Å²) >= 11 is 0. The van der Waals surface area contributed by atoms with Gasteiger partial charge in [0.2, 0.25) is 5.91 Å². The average molecular weight is 364 g/mol. The first-order valence-corrected chi connectivity index (χ1v) is 8.87. The second kappa shape index (κ2) is 7.06. The molecule has 0 radical (unpaired) electrons. The van der Waals surface area contributed by atoms with Crippen LogP contribution in [0.15, 0.2) is 42.9 Å². The third-order valence-electron chi connectivity index (χ3n) is 4.45. The predicted octanol–water partition coefficient (Wildman–Crippen LogP) is 1.58. The van der Waals surface area contributed by atoms with Crippen molar-refractivity contribution in [2.45, 2.75) is 25.3 Å². The van der Waals surface area contributed by atoms with Gasteiger partial charge in [-0.05, 0) is 25.0 Å². The molecule has 8 nitrogen and oxygen atoms in total. The predicted molar refractivity (Wildman–Crippen MR) is 101 cm³/mol. The normalized spacial score (nSPS) is 13.5. The third-order valence-corrected chi connectivity index (χ3v) is 4.45. The van der Waals surface area contributed by atoms with Gasteiger partial charge in [0, 0.05) is 42.5 Å². The first-order valence-electron chi connectivity index (χ1n) is 8.87. The standard InChI is InChI=1S/C19H20N6O2/c20-16(26)7-8-21-17-18-23-11-15(25(18)10-9-22-17)12-1-3-13(4-2-12)19(27)24-14-5-6-14/h1-4,9-11,14H,5-8H2,(H2,20,26)(H,21,22)(H,24,27). The Morgan fingerprint density at radius 1 is 1.19 bits per heavy atom. The van der Waals surface area contributed by atoms with Gasteiger partial charge in [0.1, 0.15) is 0 Å². The highest BCUT2D eigenvalue weighted by molar-refractivity contribution is 5.95. The SMILES string of the molecule is NC(=O)CCNc1nccn2c(-c3ccc(C(=O)NC4CC4)cc3)cnc12. The van der Waals surface area contributed by atoms with E-state index in [0.29, 0.717) is 29.6 Å². The Morgan fingerprint density at radius 3 is 2.67 bits per heavy atom. The molecule has 3 aromatic rings. The lowest BCUT2D eigenvalue weighted by Gasteiger charge is -2.07. The molecule has 1 fully saturated rings. The molecule has 4 rings (SSSR count). The fourth-order valence-corrected chi connectivity index (χ4v) is 2.85. The zero-order valence-corrected chi connectivity index (χ0v) is 14.7. The summed E-state index contributed by atoms with van der Waals surface area (Å²) in [4.78, 5) is 31.7. The molecule has 0 bridgehead atoms. The monoisotopic (exact) mass is 364 g/mol. The van der Waals surface area contributed by atoms with Crippen molar-refractivity contribution in [1.29, 1.82) is 0 Å². The molecule has 0 unspecified atom stereocenters. The number of nitrogens with two attached hydrogens (primary N) is 1. The van der Waals surface area contributed by atoms with Gasteiger partial charge in [0.05, 0.1) is 11.9 Å². The lowest BCUT2D eigenvalue weighted by Crippen LogP contribution is -2.25. The number of nitrogens with one attached hydrogen (secondary N) is 2. The summed E-state index contributed by atoms with van der Waals surface area (Å²) in [5.74, 6) is 0.182. The molecule has 1 aromatic carbocycles. The van der Waals surface area contributed by atoms with Crippen LogP contribution >= 0.6 is 0 Å². The molecule has 0 spiro atoms. The quantitative estimate of drug-likeness (QED) is 0.589. The van der Waals surface area contributed by atoms with Crippen LogP contribution in [-0.2, 0) is 4.79 Å². The fourth-order valence-electron chi connectivity index (χ4n) is 2.85. The molecule has 0 aliphatic heterocycles. The van der Waals surface area contributed by atoms with E-state index in [0.717, 1.165) is 24.1 Å². The Hall–Kier alpha value is -3.42. The molecule has 1 aliphatic rings. The molecule has 2 aromatic heterocycles. The van der Waals surface area contributed by atoms with Crippen LogP contribution in [0.4, 0.5) is 5.82 Å². The van der Waals surface area contributed by atoms with Crippen molar-refractivity contribution in [1.82, 2.24) is 19.7 Å².